The molecule has 1 unspecified atom stereocenters. The van der Waals surface area contributed by atoms with E-state index in [1.165, 1.54) is 0 Å². The van der Waals surface area contributed by atoms with Crippen molar-refractivity contribution in [2.75, 3.05) is 33.7 Å². The van der Waals surface area contributed by atoms with Gasteiger partial charge in [-0.3, -0.25) is 9.59 Å². The zero-order valence-electron chi connectivity index (χ0n) is 13.8. The highest BCUT2D eigenvalue weighted by Gasteiger charge is 2.39. The molecule has 20 heavy (non-hydrogen) atoms. The number of carboxylic acids is 1. The number of nitrogens with zero attached hydrogens (tertiary/aromatic N) is 2. The van der Waals surface area contributed by atoms with Crippen molar-refractivity contribution in [2.24, 2.45) is 11.3 Å². The number of hydrogen-bond donors (Lipinski definition) is 1. The average Bonchev–Trinajstić information content (AvgIpc) is 2.33. The van der Waals surface area contributed by atoms with Crippen LogP contribution in [0.5, 0.6) is 0 Å². The topological polar surface area (TPSA) is 60.9 Å². The molecule has 5 heteroatoms. The van der Waals surface area contributed by atoms with Crippen molar-refractivity contribution in [3.63, 3.8) is 0 Å². The Morgan fingerprint density at radius 2 is 1.75 bits per heavy atom. The summed E-state index contributed by atoms with van der Waals surface area (Å²) in [5.74, 6) is -1.04. The normalized spacial score (nSPS) is 14.4. The van der Waals surface area contributed by atoms with Crippen LogP contribution in [0.3, 0.4) is 0 Å². The van der Waals surface area contributed by atoms with Gasteiger partial charge in [-0.05, 0) is 46.8 Å². The summed E-state index contributed by atoms with van der Waals surface area (Å²) in [6, 6.07) is 0. The zero-order valence-corrected chi connectivity index (χ0v) is 13.8. The molecule has 0 saturated carbocycles. The van der Waals surface area contributed by atoms with Crippen molar-refractivity contribution < 1.29 is 14.7 Å². The third kappa shape index (κ3) is 5.49. The lowest BCUT2D eigenvalue weighted by atomic mass is 9.76. The lowest BCUT2D eigenvalue weighted by molar-refractivity contribution is -0.155. The van der Waals surface area contributed by atoms with Gasteiger partial charge in [0.1, 0.15) is 0 Å². The van der Waals surface area contributed by atoms with Crippen LogP contribution in [0.25, 0.3) is 0 Å². The second-order valence-electron chi connectivity index (χ2n) is 6.18. The molecule has 0 aliphatic heterocycles. The fraction of sp³-hybridized carbons (Fsp3) is 0.867. The molecule has 0 aliphatic rings. The molecule has 0 saturated heterocycles. The Morgan fingerprint density at radius 1 is 1.20 bits per heavy atom. The predicted molar refractivity (Wildman–Crippen MR) is 80.6 cm³/mol. The molecule has 118 valence electrons. The maximum Gasteiger partial charge on any atom is 0.310 e. The molecule has 0 aromatic carbocycles. The first-order chi connectivity index (χ1) is 9.15. The molecular formula is C15H30N2O3. The lowest BCUT2D eigenvalue weighted by Gasteiger charge is -2.31. The van der Waals surface area contributed by atoms with E-state index < -0.39 is 11.4 Å². The van der Waals surface area contributed by atoms with Gasteiger partial charge >= 0.3 is 5.97 Å². The number of aliphatic carboxylic acids is 1. The van der Waals surface area contributed by atoms with Gasteiger partial charge in [-0.15, -0.1) is 0 Å². The standard InChI is InChI=1S/C15H30N2O3/c1-7-17(10-8-9-16(5)6)13(18)11-15(4,12(2)3)14(19)20/h12H,7-11H2,1-6H3,(H,19,20). The van der Waals surface area contributed by atoms with Crippen molar-refractivity contribution in [1.29, 1.82) is 0 Å². The Kier molecular flexibility index (Phi) is 7.79. The summed E-state index contributed by atoms with van der Waals surface area (Å²) < 4.78 is 0. The molecule has 1 atom stereocenters. The second kappa shape index (κ2) is 8.25. The Bertz CT molecular complexity index is 329. The lowest BCUT2D eigenvalue weighted by Crippen LogP contribution is -2.41. The minimum Gasteiger partial charge on any atom is -0.481 e. The van der Waals surface area contributed by atoms with E-state index in [1.807, 2.05) is 34.9 Å². The maximum atomic E-state index is 12.3. The second-order valence-corrected chi connectivity index (χ2v) is 6.18. The summed E-state index contributed by atoms with van der Waals surface area (Å²) in [7, 11) is 4.00. The zero-order chi connectivity index (χ0) is 15.9. The van der Waals surface area contributed by atoms with Gasteiger partial charge < -0.3 is 14.9 Å². The molecule has 0 aromatic heterocycles. The molecule has 0 rings (SSSR count). The average molecular weight is 286 g/mol. The van der Waals surface area contributed by atoms with E-state index in [1.54, 1.807) is 11.8 Å². The highest BCUT2D eigenvalue weighted by atomic mass is 16.4. The summed E-state index contributed by atoms with van der Waals surface area (Å²) >= 11 is 0. The van der Waals surface area contributed by atoms with E-state index >= 15 is 0 Å². The molecule has 5 nitrogen and oxygen atoms in total. The molecular weight excluding hydrogens is 256 g/mol. The fourth-order valence-electron chi connectivity index (χ4n) is 1.99. The van der Waals surface area contributed by atoms with E-state index in [0.717, 1.165) is 13.0 Å². The Hall–Kier alpha value is -1.10. The quantitative estimate of drug-likeness (QED) is 0.703. The van der Waals surface area contributed by atoms with Crippen molar-refractivity contribution in [1.82, 2.24) is 9.80 Å². The third-order valence-corrected chi connectivity index (χ3v) is 4.05. The number of amides is 1. The smallest absolute Gasteiger partial charge is 0.310 e. The number of hydrogen-bond acceptors (Lipinski definition) is 3. The minimum atomic E-state index is -0.994. The maximum absolute atomic E-state index is 12.3. The first kappa shape index (κ1) is 18.9. The SMILES string of the molecule is CCN(CCCN(C)C)C(=O)CC(C)(C(=O)O)C(C)C. The molecule has 1 N–H and O–H groups in total. The van der Waals surface area contributed by atoms with Gasteiger partial charge in [0.15, 0.2) is 0 Å². The van der Waals surface area contributed by atoms with Crippen molar-refractivity contribution in [3.8, 4) is 0 Å². The van der Waals surface area contributed by atoms with E-state index in [2.05, 4.69) is 4.90 Å². The van der Waals surface area contributed by atoms with Gasteiger partial charge in [0.2, 0.25) is 5.91 Å². The summed E-state index contributed by atoms with van der Waals surface area (Å²) in [5, 5.41) is 9.38. The van der Waals surface area contributed by atoms with Crippen LogP contribution in [-0.2, 0) is 9.59 Å². The molecule has 0 aliphatic carbocycles. The Labute approximate surface area is 122 Å². The van der Waals surface area contributed by atoms with Gasteiger partial charge in [-0.25, -0.2) is 0 Å². The monoisotopic (exact) mass is 286 g/mol. The Balaban J connectivity index is 4.64. The number of carboxylic acid groups (broad SMARTS) is 1. The highest BCUT2D eigenvalue weighted by molar-refractivity contribution is 5.85. The summed E-state index contributed by atoms with van der Waals surface area (Å²) in [6.45, 7) is 9.52. The first-order valence-corrected chi connectivity index (χ1v) is 7.31. The molecule has 0 spiro atoms. The van der Waals surface area contributed by atoms with E-state index in [-0.39, 0.29) is 18.2 Å². The minimum absolute atomic E-state index is 0.0649. The van der Waals surface area contributed by atoms with Crippen molar-refractivity contribution in [3.05, 3.63) is 0 Å². The third-order valence-electron chi connectivity index (χ3n) is 4.05. The van der Waals surface area contributed by atoms with Crippen LogP contribution < -0.4 is 0 Å². The molecule has 1 amide bonds. The number of carbonyl (C=O) groups excluding carboxylic acids is 1. The fourth-order valence-corrected chi connectivity index (χ4v) is 1.99. The molecule has 0 heterocycles. The molecule has 0 bridgehead atoms. The summed E-state index contributed by atoms with van der Waals surface area (Å²) in [6.07, 6.45) is 0.966. The van der Waals surface area contributed by atoms with Crippen LogP contribution in [-0.4, -0.2) is 60.5 Å². The van der Waals surface area contributed by atoms with Gasteiger partial charge in [0.05, 0.1) is 5.41 Å². The molecule has 0 fully saturated rings. The van der Waals surface area contributed by atoms with E-state index in [9.17, 15) is 14.7 Å². The van der Waals surface area contributed by atoms with E-state index in [0.29, 0.717) is 13.1 Å². The van der Waals surface area contributed by atoms with Crippen LogP contribution in [0, 0.1) is 11.3 Å². The van der Waals surface area contributed by atoms with Gasteiger partial charge in [0, 0.05) is 19.5 Å². The first-order valence-electron chi connectivity index (χ1n) is 7.31. The highest BCUT2D eigenvalue weighted by Crippen LogP contribution is 2.32. The summed E-state index contributed by atoms with van der Waals surface area (Å²) in [4.78, 5) is 27.6. The predicted octanol–water partition coefficient (Wildman–Crippen LogP) is 1.92. The molecule has 0 radical (unpaired) electrons. The van der Waals surface area contributed by atoms with E-state index in [4.69, 9.17) is 0 Å². The van der Waals surface area contributed by atoms with Gasteiger partial charge in [0.25, 0.3) is 0 Å². The molecule has 0 aromatic rings. The van der Waals surface area contributed by atoms with Gasteiger partial charge in [-0.1, -0.05) is 13.8 Å². The van der Waals surface area contributed by atoms with Crippen LogP contribution in [0.2, 0.25) is 0 Å². The van der Waals surface area contributed by atoms with Crippen LogP contribution in [0.1, 0.15) is 40.5 Å². The summed E-state index contributed by atoms with van der Waals surface area (Å²) in [5.41, 5.74) is -0.994. The van der Waals surface area contributed by atoms with Crippen LogP contribution in [0.4, 0.5) is 0 Å². The van der Waals surface area contributed by atoms with Crippen LogP contribution >= 0.6 is 0 Å². The van der Waals surface area contributed by atoms with Crippen molar-refractivity contribution >= 4 is 11.9 Å². The van der Waals surface area contributed by atoms with Crippen LogP contribution in [0.15, 0.2) is 0 Å². The largest absolute Gasteiger partial charge is 0.481 e. The number of rotatable bonds is 9. The Morgan fingerprint density at radius 3 is 2.10 bits per heavy atom. The van der Waals surface area contributed by atoms with Gasteiger partial charge in [-0.2, -0.15) is 0 Å². The number of carbonyl (C=O) groups is 2. The van der Waals surface area contributed by atoms with Crippen molar-refractivity contribution in [2.45, 2.75) is 40.5 Å².